The van der Waals surface area contributed by atoms with Crippen molar-refractivity contribution in [3.8, 4) is 17.2 Å². The number of fused-ring (bicyclic) bond motifs is 5. The molecule has 1 saturated heterocycles. The van der Waals surface area contributed by atoms with Gasteiger partial charge in [-0.3, -0.25) is 14.4 Å². The van der Waals surface area contributed by atoms with Crippen molar-refractivity contribution >= 4 is 28.5 Å². The number of nitrogens with zero attached hydrogens (tertiary/aromatic N) is 6. The van der Waals surface area contributed by atoms with E-state index < -0.39 is 34.7 Å². The Balaban J connectivity index is 1.19. The van der Waals surface area contributed by atoms with Gasteiger partial charge in [0.25, 0.3) is 5.56 Å². The minimum atomic E-state index is -1.22. The van der Waals surface area contributed by atoms with E-state index in [0.717, 1.165) is 15.7 Å². The molecule has 55 heavy (non-hydrogen) atoms. The van der Waals surface area contributed by atoms with Crippen molar-refractivity contribution < 1.29 is 28.9 Å². The average Bonchev–Trinajstić information content (AvgIpc) is 3.56. The maximum absolute atomic E-state index is 14.6. The van der Waals surface area contributed by atoms with E-state index in [1.165, 1.54) is 33.1 Å². The summed E-state index contributed by atoms with van der Waals surface area (Å²) in [6, 6.07) is 18.6. The number of carbonyl (C=O) groups excluding carboxylic acids is 2. The third-order valence-electron chi connectivity index (χ3n) is 11.4. The summed E-state index contributed by atoms with van der Waals surface area (Å²) < 4.78 is 21.7. The number of ether oxygens (including phenoxy) is 3. The van der Waals surface area contributed by atoms with Gasteiger partial charge in [-0.1, -0.05) is 36.4 Å². The van der Waals surface area contributed by atoms with E-state index in [-0.39, 0.29) is 62.2 Å². The lowest BCUT2D eigenvalue weighted by Gasteiger charge is -2.47. The molecule has 1 saturated carbocycles. The van der Waals surface area contributed by atoms with Crippen molar-refractivity contribution in [1.82, 2.24) is 23.5 Å². The summed E-state index contributed by atoms with van der Waals surface area (Å²) in [4.78, 5) is 76.5. The Kier molecular flexibility index (Phi) is 8.83. The van der Waals surface area contributed by atoms with Crippen LogP contribution in [0.1, 0.15) is 36.6 Å². The molecule has 1 aliphatic carbocycles. The van der Waals surface area contributed by atoms with Gasteiger partial charge in [0, 0.05) is 38.1 Å². The Morgan fingerprint density at radius 2 is 1.64 bits per heavy atom. The Morgan fingerprint density at radius 1 is 0.927 bits per heavy atom. The van der Waals surface area contributed by atoms with E-state index >= 15 is 0 Å². The second-order valence-electron chi connectivity index (χ2n) is 14.2. The monoisotopic (exact) mass is 748 g/mol. The number of aryl methyl sites for hydroxylation is 2. The number of benzene rings is 3. The molecule has 4 atom stereocenters. The van der Waals surface area contributed by atoms with Gasteiger partial charge in [-0.15, -0.1) is 0 Å². The van der Waals surface area contributed by atoms with Crippen molar-refractivity contribution in [3.63, 3.8) is 0 Å². The highest BCUT2D eigenvalue weighted by Crippen LogP contribution is 2.61. The van der Waals surface area contributed by atoms with Crippen LogP contribution in [0.3, 0.4) is 0 Å². The fraction of sp³-hybridized carbons (Fsp3) is 0.350. The lowest BCUT2D eigenvalue weighted by molar-refractivity contribution is -0.129. The smallest absolute Gasteiger partial charge is 0.347 e. The van der Waals surface area contributed by atoms with E-state index in [1.54, 1.807) is 55.6 Å². The molecular weight excluding hydrogens is 708 g/mol. The molecule has 1 N–H and O–H groups in total. The number of aliphatic hydroxyl groups excluding tert-OH is 1. The number of rotatable bonds is 10. The summed E-state index contributed by atoms with van der Waals surface area (Å²) in [6.45, 7) is 1.72. The summed E-state index contributed by atoms with van der Waals surface area (Å²) in [6.07, 6.45) is 2.00. The van der Waals surface area contributed by atoms with Gasteiger partial charge in [-0.05, 0) is 48.7 Å². The third-order valence-corrected chi connectivity index (χ3v) is 11.4. The van der Waals surface area contributed by atoms with E-state index in [0.29, 0.717) is 34.0 Å². The minimum absolute atomic E-state index is 0.00584. The average molecular weight is 749 g/mol. The molecule has 15 nitrogen and oxygen atoms in total. The van der Waals surface area contributed by atoms with Crippen molar-refractivity contribution in [2.24, 2.45) is 18.4 Å². The first-order valence-electron chi connectivity index (χ1n) is 18.0. The lowest BCUT2D eigenvalue weighted by Crippen LogP contribution is -2.49. The molecule has 4 heterocycles. The second-order valence-corrected chi connectivity index (χ2v) is 14.2. The summed E-state index contributed by atoms with van der Waals surface area (Å²) in [7, 11) is 4.62. The van der Waals surface area contributed by atoms with Crippen molar-refractivity contribution in [2.75, 3.05) is 32.3 Å². The SMILES string of the molecule is COc1cc2nc(CCn3c(=O)n4n(c3=O)[C@@H]3C[C@H]5C(=O)N(c6ccccc6)C(=O)[C@@]5(C)[C@@H](c5ccc(OCCO)cc5)C3=CC4)c(=O)n(C)c2cc1OC. The molecule has 2 aromatic heterocycles. The fourth-order valence-electron chi connectivity index (χ4n) is 8.73. The molecule has 0 bridgehead atoms. The number of hydrogen-bond donors (Lipinski definition) is 1. The first kappa shape index (κ1) is 35.8. The number of imide groups is 1. The Bertz CT molecular complexity index is 2570. The molecular formula is C40H40N6O9. The lowest BCUT2D eigenvalue weighted by atomic mass is 9.56. The predicted molar refractivity (Wildman–Crippen MR) is 201 cm³/mol. The number of aliphatic hydroxyl groups is 1. The third kappa shape index (κ3) is 5.43. The van der Waals surface area contributed by atoms with E-state index in [1.807, 2.05) is 31.2 Å². The van der Waals surface area contributed by atoms with E-state index in [4.69, 9.17) is 14.2 Å². The van der Waals surface area contributed by atoms with Crippen LogP contribution in [0.15, 0.2) is 92.8 Å². The normalized spacial score (nSPS) is 21.6. The zero-order chi connectivity index (χ0) is 38.8. The Hall–Kier alpha value is -6.22. The van der Waals surface area contributed by atoms with E-state index in [9.17, 15) is 29.1 Å². The van der Waals surface area contributed by atoms with Gasteiger partial charge in [-0.2, -0.15) is 0 Å². The van der Waals surface area contributed by atoms with Crippen molar-refractivity contribution in [3.05, 3.63) is 121 Å². The summed E-state index contributed by atoms with van der Waals surface area (Å²) in [5.41, 5.74) is 0.392. The number of aromatic nitrogens is 5. The first-order chi connectivity index (χ1) is 26.5. The van der Waals surface area contributed by atoms with Crippen LogP contribution in [0.4, 0.5) is 5.69 Å². The van der Waals surface area contributed by atoms with Crippen molar-refractivity contribution in [1.29, 1.82) is 0 Å². The van der Waals surface area contributed by atoms with E-state index in [2.05, 4.69) is 4.98 Å². The molecule has 0 radical (unpaired) electrons. The predicted octanol–water partition coefficient (Wildman–Crippen LogP) is 2.55. The molecule has 15 heteroatoms. The number of allylic oxidation sites excluding steroid dienone is 2. The minimum Gasteiger partial charge on any atom is -0.493 e. The van der Waals surface area contributed by atoms with Gasteiger partial charge < -0.3 is 23.9 Å². The molecule has 284 valence electrons. The number of methoxy groups -OCH3 is 2. The van der Waals surface area contributed by atoms with Crippen LogP contribution in [0.5, 0.6) is 17.2 Å². The van der Waals surface area contributed by atoms with Crippen LogP contribution in [0, 0.1) is 11.3 Å². The van der Waals surface area contributed by atoms with Gasteiger partial charge in [-0.25, -0.2) is 33.4 Å². The number of para-hydroxylation sites is 1. The summed E-state index contributed by atoms with van der Waals surface area (Å²) >= 11 is 0. The molecule has 0 unspecified atom stereocenters. The van der Waals surface area contributed by atoms with Crippen LogP contribution >= 0.6 is 0 Å². The molecule has 5 aromatic rings. The zero-order valence-corrected chi connectivity index (χ0v) is 30.8. The summed E-state index contributed by atoms with van der Waals surface area (Å²) in [5.74, 6) is -0.759. The Morgan fingerprint density at radius 3 is 2.33 bits per heavy atom. The topological polar surface area (TPSA) is 169 Å². The molecule has 2 fully saturated rings. The van der Waals surface area contributed by atoms with Crippen LogP contribution in [0.2, 0.25) is 0 Å². The Labute approximate surface area is 314 Å². The molecule has 8 rings (SSSR count). The number of anilines is 1. The van der Waals surface area contributed by atoms with Gasteiger partial charge in [0.2, 0.25) is 11.8 Å². The van der Waals surface area contributed by atoms with Crippen LogP contribution < -0.4 is 36.0 Å². The quantitative estimate of drug-likeness (QED) is 0.166. The zero-order valence-electron chi connectivity index (χ0n) is 30.8. The van der Waals surface area contributed by atoms with Gasteiger partial charge >= 0.3 is 11.4 Å². The number of hydrogen-bond acceptors (Lipinski definition) is 10. The fourth-order valence-corrected chi connectivity index (χ4v) is 8.73. The standard InChI is InChI=1S/C40H40N6O9/c1-40-27(35(48)45(37(40)50)24-8-6-5-7-9-24)20-30-26(34(40)23-10-12-25(13-11-23)55-19-18-47)14-17-44-38(51)43(39(52)46(30)44)16-15-28-36(49)42(2)31-22-33(54-4)32(53-3)21-29(31)41-28/h5-14,21-22,27,30,34,47H,15-20H2,1-4H3/t27-,30+,34-,40+/m0/s1. The van der Waals surface area contributed by atoms with Gasteiger partial charge in [0.15, 0.2) is 11.5 Å². The van der Waals surface area contributed by atoms with Crippen LogP contribution in [-0.2, 0) is 36.1 Å². The van der Waals surface area contributed by atoms with Gasteiger partial charge in [0.05, 0.1) is 61.5 Å². The summed E-state index contributed by atoms with van der Waals surface area (Å²) in [5, 5.41) is 9.25. The second kappa shape index (κ2) is 13.6. The molecule has 2 aliphatic heterocycles. The van der Waals surface area contributed by atoms with Crippen molar-refractivity contribution in [2.45, 2.75) is 44.8 Å². The number of amides is 2. The maximum Gasteiger partial charge on any atom is 0.347 e. The molecule has 3 aliphatic rings. The molecule has 3 aromatic carbocycles. The molecule has 2 amide bonds. The largest absolute Gasteiger partial charge is 0.493 e. The van der Waals surface area contributed by atoms with Gasteiger partial charge in [0.1, 0.15) is 18.1 Å². The van der Waals surface area contributed by atoms with Crippen LogP contribution in [0.25, 0.3) is 11.0 Å². The molecule has 0 spiro atoms. The van der Waals surface area contributed by atoms with Crippen LogP contribution in [-0.4, -0.2) is 67.8 Å². The highest BCUT2D eigenvalue weighted by atomic mass is 16.5. The number of carbonyl (C=O) groups is 2. The maximum atomic E-state index is 14.6. The highest BCUT2D eigenvalue weighted by molar-refractivity contribution is 6.24. The first-order valence-corrected chi connectivity index (χ1v) is 18.0. The highest BCUT2D eigenvalue weighted by Gasteiger charge is 2.65.